The number of aromatic nitrogens is 5. The fraction of sp³-hybridized carbons (Fsp3) is 0.375. The summed E-state index contributed by atoms with van der Waals surface area (Å²) in [6.07, 6.45) is 5.36. The van der Waals surface area contributed by atoms with Gasteiger partial charge >= 0.3 is 0 Å². The molecule has 0 bridgehead atoms. The second-order valence-electron chi connectivity index (χ2n) is 5.81. The van der Waals surface area contributed by atoms with Crippen molar-refractivity contribution in [2.75, 3.05) is 13.1 Å². The predicted octanol–water partition coefficient (Wildman–Crippen LogP) is 2.90. The fourth-order valence-corrected chi connectivity index (χ4v) is 3.16. The summed E-state index contributed by atoms with van der Waals surface area (Å²) >= 11 is 5.89. The zero-order valence-electron chi connectivity index (χ0n) is 13.2. The molecule has 3 aromatic rings. The van der Waals surface area contributed by atoms with Gasteiger partial charge in [-0.25, -0.2) is 19.6 Å². The van der Waals surface area contributed by atoms with E-state index >= 15 is 0 Å². The maximum Gasteiger partial charge on any atom is 0.233 e. The van der Waals surface area contributed by atoms with Crippen molar-refractivity contribution in [2.24, 2.45) is 0 Å². The van der Waals surface area contributed by atoms with Crippen molar-refractivity contribution in [3.05, 3.63) is 35.5 Å². The molecule has 0 unspecified atom stereocenters. The minimum Gasteiger partial charge on any atom is -0.436 e. The molecule has 0 spiro atoms. The van der Waals surface area contributed by atoms with Crippen LogP contribution in [0.3, 0.4) is 0 Å². The number of halogens is 1. The molecule has 0 amide bonds. The fourth-order valence-electron chi connectivity index (χ4n) is 2.97. The molecule has 1 fully saturated rings. The smallest absolute Gasteiger partial charge is 0.233 e. The Kier molecular flexibility index (Phi) is 4.03. The summed E-state index contributed by atoms with van der Waals surface area (Å²) in [5.41, 5.74) is 1.51. The van der Waals surface area contributed by atoms with Gasteiger partial charge in [0.2, 0.25) is 5.88 Å². The van der Waals surface area contributed by atoms with Crippen molar-refractivity contribution < 1.29 is 4.74 Å². The number of pyridine rings is 1. The summed E-state index contributed by atoms with van der Waals surface area (Å²) in [6.45, 7) is 3.84. The minimum atomic E-state index is 0.352. The number of aryl methyl sites for hydroxylation is 1. The van der Waals surface area contributed by atoms with E-state index in [-0.39, 0.29) is 0 Å². The molecule has 4 rings (SSSR count). The highest BCUT2D eigenvalue weighted by atomic mass is 35.5. The van der Waals surface area contributed by atoms with Crippen LogP contribution in [0.2, 0.25) is 5.15 Å². The Labute approximate surface area is 144 Å². The van der Waals surface area contributed by atoms with Gasteiger partial charge in [-0.15, -0.1) is 0 Å². The van der Waals surface area contributed by atoms with E-state index in [1.807, 2.05) is 11.6 Å². The number of nitrogens with zero attached hydrogens (tertiary/aromatic N) is 5. The van der Waals surface area contributed by atoms with Crippen molar-refractivity contribution in [1.29, 1.82) is 0 Å². The van der Waals surface area contributed by atoms with E-state index in [9.17, 15) is 0 Å². The van der Waals surface area contributed by atoms with E-state index in [0.717, 1.165) is 37.0 Å². The third-order valence-corrected chi connectivity index (χ3v) is 4.43. The Hall–Kier alpha value is -2.25. The van der Waals surface area contributed by atoms with Gasteiger partial charge in [-0.2, -0.15) is 5.10 Å². The summed E-state index contributed by atoms with van der Waals surface area (Å²) in [5, 5.41) is 9.12. The zero-order chi connectivity index (χ0) is 16.5. The lowest BCUT2D eigenvalue weighted by Gasteiger charge is -2.23. The first-order chi connectivity index (χ1) is 11.7. The second-order valence-corrected chi connectivity index (χ2v) is 6.19. The van der Waals surface area contributed by atoms with Gasteiger partial charge < -0.3 is 10.1 Å². The van der Waals surface area contributed by atoms with Crippen LogP contribution in [-0.2, 0) is 0 Å². The molecule has 0 aromatic carbocycles. The molecule has 0 atom stereocenters. The van der Waals surface area contributed by atoms with Crippen molar-refractivity contribution in [3.63, 3.8) is 0 Å². The van der Waals surface area contributed by atoms with Crippen LogP contribution in [0.15, 0.2) is 24.7 Å². The third-order valence-electron chi connectivity index (χ3n) is 4.22. The summed E-state index contributed by atoms with van der Waals surface area (Å²) < 4.78 is 7.92. The molecule has 7 nitrogen and oxygen atoms in total. The van der Waals surface area contributed by atoms with Gasteiger partial charge in [0.15, 0.2) is 11.4 Å². The summed E-state index contributed by atoms with van der Waals surface area (Å²) in [6, 6.07) is 3.83. The molecule has 4 heterocycles. The van der Waals surface area contributed by atoms with Crippen LogP contribution in [0.1, 0.15) is 24.6 Å². The molecular weight excluding hydrogens is 328 g/mol. The Balaban J connectivity index is 1.70. The molecule has 0 saturated carbocycles. The molecule has 0 radical (unpaired) electrons. The monoisotopic (exact) mass is 344 g/mol. The molecule has 8 heteroatoms. The summed E-state index contributed by atoms with van der Waals surface area (Å²) in [4.78, 5) is 12.9. The Morgan fingerprint density at radius 3 is 2.88 bits per heavy atom. The van der Waals surface area contributed by atoms with Gasteiger partial charge in [-0.05, 0) is 45.0 Å². The normalized spacial score (nSPS) is 15.8. The van der Waals surface area contributed by atoms with Crippen molar-refractivity contribution >= 4 is 22.6 Å². The summed E-state index contributed by atoms with van der Waals surface area (Å²) in [5.74, 6) is 1.10. The Morgan fingerprint density at radius 2 is 2.08 bits per heavy atom. The molecule has 24 heavy (non-hydrogen) atoms. The molecular formula is C16H17ClN6O. The first-order valence-corrected chi connectivity index (χ1v) is 8.30. The maximum absolute atomic E-state index is 5.94. The molecule has 0 aliphatic carbocycles. The molecule has 1 saturated heterocycles. The quantitative estimate of drug-likeness (QED) is 0.736. The number of ether oxygens (including phenoxy) is 1. The molecule has 3 aromatic heterocycles. The van der Waals surface area contributed by atoms with E-state index in [1.165, 1.54) is 6.33 Å². The zero-order valence-corrected chi connectivity index (χ0v) is 14.0. The highest BCUT2D eigenvalue weighted by molar-refractivity contribution is 6.29. The van der Waals surface area contributed by atoms with Crippen LogP contribution in [0.25, 0.3) is 11.0 Å². The van der Waals surface area contributed by atoms with Crippen molar-refractivity contribution in [1.82, 2.24) is 30.0 Å². The maximum atomic E-state index is 5.94. The van der Waals surface area contributed by atoms with Crippen LogP contribution in [0, 0.1) is 6.92 Å². The van der Waals surface area contributed by atoms with E-state index in [0.29, 0.717) is 28.5 Å². The van der Waals surface area contributed by atoms with Crippen LogP contribution in [-0.4, -0.2) is 37.8 Å². The van der Waals surface area contributed by atoms with E-state index in [1.54, 1.807) is 18.3 Å². The number of nitrogens with one attached hydrogen (secondary N) is 1. The van der Waals surface area contributed by atoms with Crippen LogP contribution >= 0.6 is 11.6 Å². The van der Waals surface area contributed by atoms with Crippen molar-refractivity contribution in [3.8, 4) is 11.6 Å². The topological polar surface area (TPSA) is 77.8 Å². The van der Waals surface area contributed by atoms with Crippen LogP contribution < -0.4 is 10.1 Å². The summed E-state index contributed by atoms with van der Waals surface area (Å²) in [7, 11) is 0. The van der Waals surface area contributed by atoms with Gasteiger partial charge in [0.05, 0.1) is 17.9 Å². The number of hydrogen-bond acceptors (Lipinski definition) is 6. The number of rotatable bonds is 3. The average molecular weight is 345 g/mol. The van der Waals surface area contributed by atoms with Crippen LogP contribution in [0.5, 0.6) is 11.6 Å². The number of fused-ring (bicyclic) bond motifs is 1. The average Bonchev–Trinajstić information content (AvgIpc) is 3.03. The molecule has 1 aliphatic rings. The second kappa shape index (κ2) is 6.33. The largest absolute Gasteiger partial charge is 0.436 e. The van der Waals surface area contributed by atoms with Gasteiger partial charge in [0, 0.05) is 0 Å². The molecule has 1 aliphatic heterocycles. The first-order valence-electron chi connectivity index (χ1n) is 7.92. The Bertz CT molecular complexity index is 874. The van der Waals surface area contributed by atoms with E-state index < -0.39 is 0 Å². The predicted molar refractivity (Wildman–Crippen MR) is 90.5 cm³/mol. The first kappa shape index (κ1) is 15.3. The van der Waals surface area contributed by atoms with Gasteiger partial charge in [-0.3, -0.25) is 0 Å². The minimum absolute atomic E-state index is 0.352. The SMILES string of the molecule is Cc1nc(Cl)ccc1Oc1ncnc2c1cnn2C1CCNCC1. The Morgan fingerprint density at radius 1 is 1.25 bits per heavy atom. The van der Waals surface area contributed by atoms with E-state index in [2.05, 4.69) is 25.4 Å². The molecule has 124 valence electrons. The number of piperidine rings is 1. The van der Waals surface area contributed by atoms with Gasteiger partial charge in [-0.1, -0.05) is 11.6 Å². The third kappa shape index (κ3) is 2.81. The lowest BCUT2D eigenvalue weighted by Crippen LogP contribution is -2.29. The van der Waals surface area contributed by atoms with E-state index in [4.69, 9.17) is 16.3 Å². The van der Waals surface area contributed by atoms with Gasteiger partial charge in [0.25, 0.3) is 0 Å². The number of hydrogen-bond donors (Lipinski definition) is 1. The highest BCUT2D eigenvalue weighted by Crippen LogP contribution is 2.30. The standard InChI is InChI=1S/C16H17ClN6O/c1-10-13(2-3-14(17)22-10)24-16-12-8-21-23(15(12)19-9-20-16)11-4-6-18-7-5-11/h2-3,8-9,11,18H,4-7H2,1H3. The van der Waals surface area contributed by atoms with Crippen molar-refractivity contribution in [2.45, 2.75) is 25.8 Å². The molecule has 1 N–H and O–H groups in total. The lowest BCUT2D eigenvalue weighted by atomic mass is 10.1. The van der Waals surface area contributed by atoms with Gasteiger partial charge in [0.1, 0.15) is 16.9 Å². The lowest BCUT2D eigenvalue weighted by molar-refractivity contribution is 0.349. The van der Waals surface area contributed by atoms with Crippen LogP contribution in [0.4, 0.5) is 0 Å². The highest BCUT2D eigenvalue weighted by Gasteiger charge is 2.20.